The van der Waals surface area contributed by atoms with Gasteiger partial charge in [-0.15, -0.1) is 0 Å². The molecule has 2 nitrogen and oxygen atoms in total. The molecule has 1 aromatic rings. The Labute approximate surface area is 109 Å². The van der Waals surface area contributed by atoms with Crippen LogP contribution < -0.4 is 5.32 Å². The molecule has 3 unspecified atom stereocenters. The van der Waals surface area contributed by atoms with Crippen molar-refractivity contribution in [2.45, 2.75) is 51.3 Å². The van der Waals surface area contributed by atoms with Crippen LogP contribution in [0.4, 0.5) is 4.39 Å². The van der Waals surface area contributed by atoms with E-state index in [1.165, 1.54) is 6.07 Å². The maximum absolute atomic E-state index is 13.2. The SMILES string of the molecule is CCC1CC(NC(C)c2cccc(F)c2)CCO1. The molecule has 100 valence electrons. The number of benzene rings is 1. The van der Waals surface area contributed by atoms with E-state index in [1.807, 2.05) is 6.07 Å². The summed E-state index contributed by atoms with van der Waals surface area (Å²) in [5.74, 6) is -0.167. The van der Waals surface area contributed by atoms with E-state index in [2.05, 4.69) is 19.2 Å². The van der Waals surface area contributed by atoms with Crippen LogP contribution in [0, 0.1) is 5.82 Å². The maximum atomic E-state index is 13.2. The van der Waals surface area contributed by atoms with E-state index < -0.39 is 0 Å². The van der Waals surface area contributed by atoms with Crippen molar-refractivity contribution in [2.24, 2.45) is 0 Å². The van der Waals surface area contributed by atoms with Crippen LogP contribution in [0.25, 0.3) is 0 Å². The van der Waals surface area contributed by atoms with Gasteiger partial charge in [-0.25, -0.2) is 4.39 Å². The Balaban J connectivity index is 1.92. The van der Waals surface area contributed by atoms with Gasteiger partial charge < -0.3 is 10.1 Å². The molecule has 0 saturated carbocycles. The molecule has 1 fully saturated rings. The predicted molar refractivity (Wildman–Crippen MR) is 71.0 cm³/mol. The topological polar surface area (TPSA) is 21.3 Å². The van der Waals surface area contributed by atoms with Gasteiger partial charge in [0, 0.05) is 18.7 Å². The van der Waals surface area contributed by atoms with Gasteiger partial charge in [-0.05, 0) is 43.9 Å². The standard InChI is InChI=1S/C15H22FNO/c1-3-15-10-14(7-8-18-15)17-11(2)12-5-4-6-13(16)9-12/h4-6,9,11,14-15,17H,3,7-8,10H2,1-2H3. The lowest BCUT2D eigenvalue weighted by Crippen LogP contribution is -2.39. The number of hydrogen-bond acceptors (Lipinski definition) is 2. The van der Waals surface area contributed by atoms with E-state index in [0.29, 0.717) is 12.1 Å². The Hall–Kier alpha value is -0.930. The fourth-order valence-electron chi connectivity index (χ4n) is 2.54. The van der Waals surface area contributed by atoms with Gasteiger partial charge in [0.2, 0.25) is 0 Å². The van der Waals surface area contributed by atoms with Crippen LogP contribution in [0.3, 0.4) is 0 Å². The zero-order chi connectivity index (χ0) is 13.0. The smallest absolute Gasteiger partial charge is 0.123 e. The third-order valence-electron chi connectivity index (χ3n) is 3.66. The minimum atomic E-state index is -0.167. The van der Waals surface area contributed by atoms with Gasteiger partial charge >= 0.3 is 0 Å². The number of nitrogens with one attached hydrogen (secondary N) is 1. The average Bonchev–Trinajstić information content (AvgIpc) is 2.39. The molecule has 0 radical (unpaired) electrons. The molecule has 1 saturated heterocycles. The van der Waals surface area contributed by atoms with Crippen molar-refractivity contribution >= 4 is 0 Å². The second-order valence-electron chi connectivity index (χ2n) is 5.07. The molecule has 3 atom stereocenters. The summed E-state index contributed by atoms with van der Waals surface area (Å²) in [7, 11) is 0. The monoisotopic (exact) mass is 251 g/mol. The van der Waals surface area contributed by atoms with Crippen LogP contribution in [-0.4, -0.2) is 18.8 Å². The van der Waals surface area contributed by atoms with Crippen molar-refractivity contribution in [1.29, 1.82) is 0 Å². The number of ether oxygens (including phenoxy) is 1. The van der Waals surface area contributed by atoms with Gasteiger partial charge in [0.1, 0.15) is 5.82 Å². The molecule has 1 aliphatic rings. The zero-order valence-corrected chi connectivity index (χ0v) is 11.2. The molecule has 1 aromatic carbocycles. The summed E-state index contributed by atoms with van der Waals surface area (Å²) in [5.41, 5.74) is 1.01. The molecule has 0 aromatic heterocycles. The predicted octanol–water partition coefficient (Wildman–Crippen LogP) is 3.43. The van der Waals surface area contributed by atoms with E-state index in [1.54, 1.807) is 12.1 Å². The second-order valence-corrected chi connectivity index (χ2v) is 5.07. The first-order valence-corrected chi connectivity index (χ1v) is 6.82. The summed E-state index contributed by atoms with van der Waals surface area (Å²) in [5, 5.41) is 3.58. The largest absolute Gasteiger partial charge is 0.378 e. The Morgan fingerprint density at radius 2 is 2.33 bits per heavy atom. The van der Waals surface area contributed by atoms with Crippen LogP contribution in [0.15, 0.2) is 24.3 Å². The Morgan fingerprint density at radius 3 is 3.06 bits per heavy atom. The highest BCUT2D eigenvalue weighted by atomic mass is 19.1. The number of halogens is 1. The lowest BCUT2D eigenvalue weighted by Gasteiger charge is -2.31. The van der Waals surface area contributed by atoms with E-state index in [0.717, 1.165) is 31.4 Å². The van der Waals surface area contributed by atoms with Gasteiger partial charge in [-0.1, -0.05) is 19.1 Å². The van der Waals surface area contributed by atoms with Crippen molar-refractivity contribution in [3.8, 4) is 0 Å². The van der Waals surface area contributed by atoms with Gasteiger partial charge in [0.05, 0.1) is 6.10 Å². The molecule has 0 spiro atoms. The third kappa shape index (κ3) is 3.53. The second kappa shape index (κ2) is 6.30. The normalized spacial score (nSPS) is 25.9. The highest BCUT2D eigenvalue weighted by Crippen LogP contribution is 2.20. The quantitative estimate of drug-likeness (QED) is 0.885. The van der Waals surface area contributed by atoms with Crippen molar-refractivity contribution in [1.82, 2.24) is 5.32 Å². The van der Waals surface area contributed by atoms with Gasteiger partial charge in [0.25, 0.3) is 0 Å². The molecule has 1 N–H and O–H groups in total. The molecule has 18 heavy (non-hydrogen) atoms. The summed E-state index contributed by atoms with van der Waals surface area (Å²) in [4.78, 5) is 0. The van der Waals surface area contributed by atoms with Crippen LogP contribution >= 0.6 is 0 Å². The lowest BCUT2D eigenvalue weighted by molar-refractivity contribution is -0.00166. The summed E-state index contributed by atoms with van der Waals surface area (Å²) in [6.07, 6.45) is 3.52. The number of rotatable bonds is 4. The van der Waals surface area contributed by atoms with Crippen molar-refractivity contribution in [3.63, 3.8) is 0 Å². The first-order chi connectivity index (χ1) is 8.69. The third-order valence-corrected chi connectivity index (χ3v) is 3.66. The van der Waals surface area contributed by atoms with Gasteiger partial charge in [-0.3, -0.25) is 0 Å². The molecule has 3 heteroatoms. The molecular formula is C15H22FNO. The average molecular weight is 251 g/mol. The molecule has 1 aliphatic heterocycles. The molecule has 1 heterocycles. The summed E-state index contributed by atoms with van der Waals surface area (Å²) >= 11 is 0. The molecule has 0 aliphatic carbocycles. The van der Waals surface area contributed by atoms with Crippen LogP contribution in [0.5, 0.6) is 0 Å². The van der Waals surface area contributed by atoms with Gasteiger partial charge in [-0.2, -0.15) is 0 Å². The minimum absolute atomic E-state index is 0.167. The maximum Gasteiger partial charge on any atom is 0.123 e. The first kappa shape index (κ1) is 13.5. The highest BCUT2D eigenvalue weighted by Gasteiger charge is 2.22. The summed E-state index contributed by atoms with van der Waals surface area (Å²) in [6, 6.07) is 7.48. The van der Waals surface area contributed by atoms with Crippen LogP contribution in [-0.2, 0) is 4.74 Å². The Morgan fingerprint density at radius 1 is 1.50 bits per heavy atom. The van der Waals surface area contributed by atoms with Crippen molar-refractivity contribution in [2.75, 3.05) is 6.61 Å². The Kier molecular flexibility index (Phi) is 4.72. The first-order valence-electron chi connectivity index (χ1n) is 6.82. The van der Waals surface area contributed by atoms with E-state index in [4.69, 9.17) is 4.74 Å². The van der Waals surface area contributed by atoms with Crippen LogP contribution in [0.1, 0.15) is 44.7 Å². The van der Waals surface area contributed by atoms with E-state index in [9.17, 15) is 4.39 Å². The highest BCUT2D eigenvalue weighted by molar-refractivity contribution is 5.19. The fraction of sp³-hybridized carbons (Fsp3) is 0.600. The zero-order valence-electron chi connectivity index (χ0n) is 11.2. The van der Waals surface area contributed by atoms with E-state index in [-0.39, 0.29) is 11.9 Å². The Bertz CT molecular complexity index is 383. The molecule has 2 rings (SSSR count). The molecule has 0 bridgehead atoms. The lowest BCUT2D eigenvalue weighted by atomic mass is 9.99. The van der Waals surface area contributed by atoms with Crippen LogP contribution in [0.2, 0.25) is 0 Å². The minimum Gasteiger partial charge on any atom is -0.378 e. The summed E-state index contributed by atoms with van der Waals surface area (Å²) < 4.78 is 18.8. The van der Waals surface area contributed by atoms with Crippen molar-refractivity contribution < 1.29 is 9.13 Å². The summed E-state index contributed by atoms with van der Waals surface area (Å²) in [6.45, 7) is 5.07. The molecular weight excluding hydrogens is 229 g/mol. The fourth-order valence-corrected chi connectivity index (χ4v) is 2.54. The van der Waals surface area contributed by atoms with Gasteiger partial charge in [0.15, 0.2) is 0 Å². The molecule has 0 amide bonds. The van der Waals surface area contributed by atoms with Crippen molar-refractivity contribution in [3.05, 3.63) is 35.6 Å². The van der Waals surface area contributed by atoms with E-state index >= 15 is 0 Å². The number of hydrogen-bond donors (Lipinski definition) is 1.